The summed E-state index contributed by atoms with van der Waals surface area (Å²) in [6.45, 7) is 4.46. The zero-order chi connectivity index (χ0) is 31.4. The van der Waals surface area contributed by atoms with E-state index >= 15 is 0 Å². The summed E-state index contributed by atoms with van der Waals surface area (Å²) < 4.78 is 0. The Morgan fingerprint density at radius 1 is 0.810 bits per heavy atom. The lowest BCUT2D eigenvalue weighted by Crippen LogP contribution is -2.56. The fourth-order valence-corrected chi connectivity index (χ4v) is 3.93. The molecule has 0 bridgehead atoms. The van der Waals surface area contributed by atoms with Gasteiger partial charge in [0.2, 0.25) is 17.7 Å². The number of aromatic hydroxyl groups is 1. The van der Waals surface area contributed by atoms with Gasteiger partial charge in [-0.05, 0) is 49.1 Å². The van der Waals surface area contributed by atoms with Crippen LogP contribution in [-0.2, 0) is 25.6 Å². The molecule has 8 N–H and O–H groups in total. The maximum atomic E-state index is 13.3. The number of phenolic OH excluding ortho intramolecular Hbond substituents is 1. The zero-order valence-corrected chi connectivity index (χ0v) is 23.7. The number of benzene rings is 2. The highest BCUT2D eigenvalue weighted by molar-refractivity contribution is 6.05. The topological polar surface area (TPSA) is 217 Å². The van der Waals surface area contributed by atoms with Crippen LogP contribution in [0.25, 0.3) is 0 Å². The van der Waals surface area contributed by atoms with Gasteiger partial charge in [-0.3, -0.25) is 29.3 Å². The van der Waals surface area contributed by atoms with E-state index in [4.69, 9.17) is 5.73 Å². The minimum absolute atomic E-state index is 0.0230. The van der Waals surface area contributed by atoms with Gasteiger partial charge in [0.25, 0.3) is 5.91 Å². The average Bonchev–Trinajstić information content (AvgIpc) is 2.94. The number of primary amides is 1. The molecule has 0 spiro atoms. The molecule has 0 saturated heterocycles. The minimum Gasteiger partial charge on any atom is -0.508 e. The van der Waals surface area contributed by atoms with Crippen molar-refractivity contribution in [2.75, 3.05) is 13.1 Å². The van der Waals surface area contributed by atoms with E-state index in [0.717, 1.165) is 0 Å². The largest absolute Gasteiger partial charge is 0.508 e. The lowest BCUT2D eigenvalue weighted by Gasteiger charge is -2.25. The van der Waals surface area contributed by atoms with Gasteiger partial charge in [-0.15, -0.1) is 0 Å². The third-order valence-electron chi connectivity index (χ3n) is 6.21. The maximum Gasteiger partial charge on any atom is 0.336 e. The van der Waals surface area contributed by atoms with Crippen molar-refractivity contribution < 1.29 is 39.0 Å². The van der Waals surface area contributed by atoms with Crippen molar-refractivity contribution in [1.82, 2.24) is 21.3 Å². The zero-order valence-electron chi connectivity index (χ0n) is 23.7. The summed E-state index contributed by atoms with van der Waals surface area (Å²) >= 11 is 0. The Morgan fingerprint density at radius 2 is 1.40 bits per heavy atom. The van der Waals surface area contributed by atoms with Crippen molar-refractivity contribution in [2.24, 2.45) is 11.7 Å². The number of carbonyl (C=O) groups excluding carboxylic acids is 5. The van der Waals surface area contributed by atoms with Crippen molar-refractivity contribution in [3.05, 3.63) is 65.2 Å². The first-order valence-corrected chi connectivity index (χ1v) is 13.3. The normalized spacial score (nSPS) is 13.0. The SMILES string of the molecule is CC(C)C[C@H](NCC(=O)CNC(=O)c1ccccc1C(=O)O)C(=O)N[C@@H](Cc1ccc(O)cc1)C(=O)N[C@@H](C)C(N)=O. The molecule has 0 aliphatic rings. The van der Waals surface area contributed by atoms with Crippen molar-refractivity contribution in [2.45, 2.75) is 51.7 Å². The molecule has 0 saturated carbocycles. The van der Waals surface area contributed by atoms with Crippen molar-refractivity contribution in [3.8, 4) is 5.75 Å². The minimum atomic E-state index is -1.28. The predicted molar refractivity (Wildman–Crippen MR) is 153 cm³/mol. The number of aromatic carboxylic acids is 1. The van der Waals surface area contributed by atoms with Gasteiger partial charge in [0.1, 0.15) is 17.8 Å². The highest BCUT2D eigenvalue weighted by Crippen LogP contribution is 2.13. The van der Waals surface area contributed by atoms with E-state index in [1.54, 1.807) is 12.1 Å². The third kappa shape index (κ3) is 10.7. The molecular formula is C29H37N5O8. The van der Waals surface area contributed by atoms with Crippen molar-refractivity contribution in [1.29, 1.82) is 0 Å². The summed E-state index contributed by atoms with van der Waals surface area (Å²) in [7, 11) is 0. The number of hydrogen-bond donors (Lipinski definition) is 7. The summed E-state index contributed by atoms with van der Waals surface area (Å²) in [5, 5.41) is 29.2. The third-order valence-corrected chi connectivity index (χ3v) is 6.21. The van der Waals surface area contributed by atoms with Gasteiger partial charge in [-0.2, -0.15) is 0 Å². The molecule has 2 aromatic carbocycles. The van der Waals surface area contributed by atoms with E-state index in [1.165, 1.54) is 43.3 Å². The fourth-order valence-electron chi connectivity index (χ4n) is 3.93. The van der Waals surface area contributed by atoms with Gasteiger partial charge in [-0.25, -0.2) is 4.79 Å². The van der Waals surface area contributed by atoms with E-state index in [9.17, 15) is 39.0 Å². The van der Waals surface area contributed by atoms with Gasteiger partial charge in [-0.1, -0.05) is 38.1 Å². The van der Waals surface area contributed by atoms with Crippen LogP contribution in [0.2, 0.25) is 0 Å². The lowest BCUT2D eigenvalue weighted by molar-refractivity contribution is -0.132. The number of ketones is 1. The molecule has 0 aromatic heterocycles. The molecule has 13 heteroatoms. The molecule has 0 aliphatic heterocycles. The van der Waals surface area contributed by atoms with E-state index in [2.05, 4.69) is 21.3 Å². The predicted octanol–water partition coefficient (Wildman–Crippen LogP) is 0.111. The Bertz CT molecular complexity index is 1300. The smallest absolute Gasteiger partial charge is 0.336 e. The van der Waals surface area contributed by atoms with Crippen LogP contribution in [0.5, 0.6) is 5.75 Å². The molecule has 0 heterocycles. The second-order valence-corrected chi connectivity index (χ2v) is 10.2. The molecule has 13 nitrogen and oxygen atoms in total. The first-order valence-electron chi connectivity index (χ1n) is 13.3. The number of nitrogens with one attached hydrogen (secondary N) is 4. The van der Waals surface area contributed by atoms with E-state index in [0.29, 0.717) is 12.0 Å². The van der Waals surface area contributed by atoms with Crippen LogP contribution in [0.3, 0.4) is 0 Å². The van der Waals surface area contributed by atoms with Crippen LogP contribution in [0.15, 0.2) is 48.5 Å². The fraction of sp³-hybridized carbons (Fsp3) is 0.379. The molecule has 226 valence electrons. The number of rotatable bonds is 16. The summed E-state index contributed by atoms with van der Waals surface area (Å²) in [4.78, 5) is 74.1. The highest BCUT2D eigenvalue weighted by Gasteiger charge is 2.28. The summed E-state index contributed by atoms with van der Waals surface area (Å²) in [6, 6.07) is 8.66. The molecule has 0 fully saturated rings. The van der Waals surface area contributed by atoms with Crippen LogP contribution in [-0.4, -0.2) is 76.8 Å². The van der Waals surface area contributed by atoms with E-state index < -0.39 is 60.1 Å². The Labute approximate surface area is 243 Å². The van der Waals surface area contributed by atoms with Gasteiger partial charge in [0, 0.05) is 6.42 Å². The number of hydrogen-bond acceptors (Lipinski definition) is 8. The molecule has 2 aromatic rings. The number of carboxylic acid groups (broad SMARTS) is 1. The Morgan fingerprint density at radius 3 is 1.98 bits per heavy atom. The molecule has 0 unspecified atom stereocenters. The van der Waals surface area contributed by atoms with Gasteiger partial charge < -0.3 is 31.9 Å². The second-order valence-electron chi connectivity index (χ2n) is 10.2. The van der Waals surface area contributed by atoms with Crippen LogP contribution >= 0.6 is 0 Å². The number of nitrogens with two attached hydrogens (primary N) is 1. The highest BCUT2D eigenvalue weighted by atomic mass is 16.4. The van der Waals surface area contributed by atoms with Crippen LogP contribution < -0.4 is 27.0 Å². The molecule has 42 heavy (non-hydrogen) atoms. The lowest BCUT2D eigenvalue weighted by atomic mass is 10.0. The van der Waals surface area contributed by atoms with E-state index in [1.807, 2.05) is 13.8 Å². The number of Topliss-reactive ketones (excluding diaryl/α,β-unsaturated/α-hetero) is 1. The van der Waals surface area contributed by atoms with E-state index in [-0.39, 0.29) is 35.8 Å². The molecule has 0 aliphatic carbocycles. The molecule has 2 rings (SSSR count). The maximum absolute atomic E-state index is 13.3. The first-order chi connectivity index (χ1) is 19.8. The van der Waals surface area contributed by atoms with Gasteiger partial charge >= 0.3 is 5.97 Å². The molecule has 4 amide bonds. The Kier molecular flexibility index (Phi) is 12.6. The Balaban J connectivity index is 2.08. The van der Waals surface area contributed by atoms with Crippen molar-refractivity contribution >= 4 is 35.4 Å². The summed E-state index contributed by atoms with van der Waals surface area (Å²) in [6.07, 6.45) is 0.350. The van der Waals surface area contributed by atoms with Crippen LogP contribution in [0.1, 0.15) is 53.5 Å². The van der Waals surface area contributed by atoms with Gasteiger partial charge in [0.05, 0.1) is 30.3 Å². The van der Waals surface area contributed by atoms with Crippen LogP contribution in [0, 0.1) is 5.92 Å². The number of carboxylic acids is 1. The molecule has 3 atom stereocenters. The first kappa shape index (κ1) is 33.4. The average molecular weight is 584 g/mol. The summed E-state index contributed by atoms with van der Waals surface area (Å²) in [5.41, 5.74) is 5.59. The number of phenols is 1. The van der Waals surface area contributed by atoms with Crippen molar-refractivity contribution in [3.63, 3.8) is 0 Å². The standard InChI is InChI=1S/C29H37N5O8/c1-16(2)12-23(31-14-20(36)15-32-26(38)21-6-4-5-7-22(21)29(41)42)27(39)34-24(28(40)33-17(3)25(30)37)13-18-8-10-19(35)11-9-18/h4-11,16-17,23-24,31,35H,12-15H2,1-3H3,(H2,30,37)(H,32,38)(H,33,40)(H,34,39)(H,41,42)/t17-,23-,24-/m0/s1. The monoisotopic (exact) mass is 583 g/mol. The Hall–Kier alpha value is -4.78. The van der Waals surface area contributed by atoms with Crippen LogP contribution in [0.4, 0.5) is 0 Å². The quantitative estimate of drug-likeness (QED) is 0.142. The molecular weight excluding hydrogens is 546 g/mol. The number of carbonyl (C=O) groups is 6. The van der Waals surface area contributed by atoms with Gasteiger partial charge in [0.15, 0.2) is 5.78 Å². The number of amides is 4. The summed E-state index contributed by atoms with van der Waals surface area (Å²) in [5.74, 6) is -4.40. The molecule has 0 radical (unpaired) electrons. The second kappa shape index (κ2) is 15.9.